The van der Waals surface area contributed by atoms with Crippen LogP contribution in [0, 0.1) is 0 Å². The van der Waals surface area contributed by atoms with Gasteiger partial charge in [-0.1, -0.05) is 24.3 Å². The van der Waals surface area contributed by atoms with Gasteiger partial charge in [-0.15, -0.1) is 0 Å². The standard InChI is InChI=1S/C21H17BrN4O3/c22-17-7-3-1-5-15(17)19(27)26-18-8-4-2-6-16(18)20(28)24-13-9-11-14(12-10-13)25-21(23)29/h1-12H,(H,24,28)(H,26,27)(H3,23,25,29). The summed E-state index contributed by atoms with van der Waals surface area (Å²) in [5.41, 5.74) is 7.26. The van der Waals surface area contributed by atoms with Gasteiger partial charge in [0, 0.05) is 15.8 Å². The van der Waals surface area contributed by atoms with Crippen molar-refractivity contribution in [3.8, 4) is 0 Å². The van der Waals surface area contributed by atoms with E-state index in [9.17, 15) is 14.4 Å². The number of para-hydroxylation sites is 1. The molecule has 146 valence electrons. The topological polar surface area (TPSA) is 113 Å². The molecule has 3 rings (SSSR count). The molecule has 0 radical (unpaired) electrons. The summed E-state index contributed by atoms with van der Waals surface area (Å²) in [4.78, 5) is 36.2. The Morgan fingerprint density at radius 2 is 1.17 bits per heavy atom. The van der Waals surface area contributed by atoms with Gasteiger partial charge in [0.05, 0.1) is 16.8 Å². The Morgan fingerprint density at radius 3 is 1.79 bits per heavy atom. The van der Waals surface area contributed by atoms with Crippen molar-refractivity contribution in [2.45, 2.75) is 0 Å². The van der Waals surface area contributed by atoms with Crippen molar-refractivity contribution in [2.75, 3.05) is 16.0 Å². The number of hydrogen-bond donors (Lipinski definition) is 4. The average molecular weight is 453 g/mol. The third-order valence-corrected chi connectivity index (χ3v) is 4.64. The molecule has 5 N–H and O–H groups in total. The fourth-order valence-electron chi connectivity index (χ4n) is 2.60. The number of halogens is 1. The second-order valence-corrected chi connectivity index (χ2v) is 6.85. The van der Waals surface area contributed by atoms with Gasteiger partial charge in [-0.2, -0.15) is 0 Å². The van der Waals surface area contributed by atoms with Crippen molar-refractivity contribution in [2.24, 2.45) is 5.73 Å². The molecule has 0 fully saturated rings. The molecule has 8 heteroatoms. The minimum absolute atomic E-state index is 0.312. The molecule has 0 heterocycles. The van der Waals surface area contributed by atoms with Crippen LogP contribution in [-0.4, -0.2) is 17.8 Å². The molecule has 0 aliphatic rings. The lowest BCUT2D eigenvalue weighted by molar-refractivity contribution is 0.102. The highest BCUT2D eigenvalue weighted by molar-refractivity contribution is 9.10. The Morgan fingerprint density at radius 1 is 0.655 bits per heavy atom. The normalized spacial score (nSPS) is 10.1. The molecule has 0 aromatic heterocycles. The summed E-state index contributed by atoms with van der Waals surface area (Å²) in [6.07, 6.45) is 0. The smallest absolute Gasteiger partial charge is 0.316 e. The lowest BCUT2D eigenvalue weighted by Gasteiger charge is -2.12. The molecule has 0 saturated heterocycles. The highest BCUT2D eigenvalue weighted by Gasteiger charge is 2.15. The van der Waals surface area contributed by atoms with Crippen molar-refractivity contribution < 1.29 is 14.4 Å². The van der Waals surface area contributed by atoms with E-state index < -0.39 is 6.03 Å². The molecule has 4 amide bonds. The van der Waals surface area contributed by atoms with E-state index in [1.54, 1.807) is 66.7 Å². The number of nitrogens with one attached hydrogen (secondary N) is 3. The van der Waals surface area contributed by atoms with E-state index >= 15 is 0 Å². The number of carbonyl (C=O) groups excluding carboxylic acids is 3. The summed E-state index contributed by atoms with van der Waals surface area (Å²) in [5.74, 6) is -0.719. The van der Waals surface area contributed by atoms with Crippen LogP contribution in [0.25, 0.3) is 0 Å². The number of benzene rings is 3. The molecule has 0 saturated carbocycles. The van der Waals surface area contributed by atoms with Gasteiger partial charge in [0.15, 0.2) is 0 Å². The van der Waals surface area contributed by atoms with E-state index in [-0.39, 0.29) is 11.8 Å². The zero-order chi connectivity index (χ0) is 20.8. The van der Waals surface area contributed by atoms with E-state index in [4.69, 9.17) is 5.73 Å². The summed E-state index contributed by atoms with van der Waals surface area (Å²) in [6, 6.07) is 19.6. The number of anilines is 3. The van der Waals surface area contributed by atoms with Gasteiger partial charge >= 0.3 is 6.03 Å². The van der Waals surface area contributed by atoms with E-state index in [1.807, 2.05) is 6.07 Å². The molecule has 0 aliphatic carbocycles. The third-order valence-electron chi connectivity index (χ3n) is 3.95. The van der Waals surface area contributed by atoms with Crippen LogP contribution < -0.4 is 21.7 Å². The van der Waals surface area contributed by atoms with Gasteiger partial charge in [0.1, 0.15) is 0 Å². The Kier molecular flexibility index (Phi) is 6.25. The van der Waals surface area contributed by atoms with Crippen molar-refractivity contribution in [1.29, 1.82) is 0 Å². The van der Waals surface area contributed by atoms with E-state index in [0.717, 1.165) is 0 Å². The van der Waals surface area contributed by atoms with Crippen LogP contribution in [0.3, 0.4) is 0 Å². The predicted molar refractivity (Wildman–Crippen MR) is 116 cm³/mol. The Balaban J connectivity index is 1.76. The van der Waals surface area contributed by atoms with Crippen molar-refractivity contribution in [3.63, 3.8) is 0 Å². The Hall–Kier alpha value is -3.65. The number of carbonyl (C=O) groups is 3. The summed E-state index contributed by atoms with van der Waals surface area (Å²) in [7, 11) is 0. The molecule has 0 spiro atoms. The van der Waals surface area contributed by atoms with Crippen LogP contribution in [0.2, 0.25) is 0 Å². The first-order chi connectivity index (χ1) is 13.9. The van der Waals surface area contributed by atoms with E-state index in [1.165, 1.54) is 0 Å². The second kappa shape index (κ2) is 9.03. The van der Waals surface area contributed by atoms with Crippen LogP contribution in [0.1, 0.15) is 20.7 Å². The van der Waals surface area contributed by atoms with Crippen LogP contribution in [0.15, 0.2) is 77.3 Å². The summed E-state index contributed by atoms with van der Waals surface area (Å²) in [6.45, 7) is 0. The number of hydrogen-bond acceptors (Lipinski definition) is 3. The molecule has 3 aromatic carbocycles. The molecule has 0 bridgehead atoms. The minimum atomic E-state index is -0.670. The highest BCUT2D eigenvalue weighted by Crippen LogP contribution is 2.22. The van der Waals surface area contributed by atoms with E-state index in [0.29, 0.717) is 32.7 Å². The first-order valence-electron chi connectivity index (χ1n) is 8.57. The molecule has 0 aliphatic heterocycles. The predicted octanol–water partition coefficient (Wildman–Crippen LogP) is 4.44. The van der Waals surface area contributed by atoms with Crippen LogP contribution in [0.5, 0.6) is 0 Å². The second-order valence-electron chi connectivity index (χ2n) is 6.00. The maximum atomic E-state index is 12.7. The van der Waals surface area contributed by atoms with Crippen LogP contribution >= 0.6 is 15.9 Å². The fraction of sp³-hybridized carbons (Fsp3) is 0. The first kappa shape index (κ1) is 20.1. The molecular formula is C21H17BrN4O3. The number of urea groups is 1. The number of nitrogens with two attached hydrogens (primary N) is 1. The molecule has 3 aromatic rings. The number of primary amides is 1. The third kappa shape index (κ3) is 5.20. The maximum Gasteiger partial charge on any atom is 0.316 e. The van der Waals surface area contributed by atoms with Crippen molar-refractivity contribution in [3.05, 3.63) is 88.4 Å². The van der Waals surface area contributed by atoms with Gasteiger partial charge < -0.3 is 21.7 Å². The van der Waals surface area contributed by atoms with Crippen LogP contribution in [0.4, 0.5) is 21.9 Å². The van der Waals surface area contributed by atoms with Gasteiger partial charge in [0.2, 0.25) is 0 Å². The SMILES string of the molecule is NC(=O)Nc1ccc(NC(=O)c2ccccc2NC(=O)c2ccccc2Br)cc1. The fourth-order valence-corrected chi connectivity index (χ4v) is 3.07. The Labute approximate surface area is 175 Å². The molecule has 0 atom stereocenters. The lowest BCUT2D eigenvalue weighted by atomic mass is 10.1. The van der Waals surface area contributed by atoms with Crippen molar-refractivity contribution in [1.82, 2.24) is 0 Å². The quantitative estimate of drug-likeness (QED) is 0.458. The van der Waals surface area contributed by atoms with E-state index in [2.05, 4.69) is 31.9 Å². The number of rotatable bonds is 5. The minimum Gasteiger partial charge on any atom is -0.351 e. The van der Waals surface area contributed by atoms with Gasteiger partial charge in [-0.3, -0.25) is 9.59 Å². The molecule has 0 unspecified atom stereocenters. The van der Waals surface area contributed by atoms with Crippen molar-refractivity contribution >= 4 is 50.8 Å². The average Bonchev–Trinajstić information content (AvgIpc) is 2.69. The maximum absolute atomic E-state index is 12.7. The zero-order valence-corrected chi connectivity index (χ0v) is 16.7. The highest BCUT2D eigenvalue weighted by atomic mass is 79.9. The Bertz CT molecular complexity index is 1070. The van der Waals surface area contributed by atoms with Crippen LogP contribution in [-0.2, 0) is 0 Å². The number of amides is 4. The zero-order valence-electron chi connectivity index (χ0n) is 15.1. The summed E-state index contributed by atoms with van der Waals surface area (Å²) >= 11 is 3.35. The van der Waals surface area contributed by atoms with Gasteiger partial charge in [0.25, 0.3) is 11.8 Å². The first-order valence-corrected chi connectivity index (χ1v) is 9.36. The largest absolute Gasteiger partial charge is 0.351 e. The molecule has 29 heavy (non-hydrogen) atoms. The monoisotopic (exact) mass is 452 g/mol. The molecular weight excluding hydrogens is 436 g/mol. The van der Waals surface area contributed by atoms with Gasteiger partial charge in [-0.05, 0) is 64.5 Å². The molecule has 7 nitrogen and oxygen atoms in total. The lowest BCUT2D eigenvalue weighted by Crippen LogP contribution is -2.19. The summed E-state index contributed by atoms with van der Waals surface area (Å²) in [5, 5.41) is 7.98. The summed E-state index contributed by atoms with van der Waals surface area (Å²) < 4.78 is 0.657. The van der Waals surface area contributed by atoms with Gasteiger partial charge in [-0.25, -0.2) is 4.79 Å².